The molecular formula is C7H5Br2F2NO3S. The highest BCUT2D eigenvalue weighted by atomic mass is 79.9. The van der Waals surface area contributed by atoms with Crippen LogP contribution < -0.4 is 9.88 Å². The van der Waals surface area contributed by atoms with Gasteiger partial charge in [-0.25, -0.2) is 13.6 Å². The lowest BCUT2D eigenvalue weighted by Crippen LogP contribution is -2.15. The van der Waals surface area contributed by atoms with E-state index in [0.717, 1.165) is 12.1 Å². The molecule has 2 N–H and O–H groups in total. The van der Waals surface area contributed by atoms with Crippen molar-refractivity contribution in [2.45, 2.75) is 11.5 Å². The maximum atomic E-state index is 12.0. The third kappa shape index (κ3) is 3.37. The van der Waals surface area contributed by atoms with E-state index < -0.39 is 27.3 Å². The zero-order valence-electron chi connectivity index (χ0n) is 7.45. The van der Waals surface area contributed by atoms with Crippen molar-refractivity contribution in [2.75, 3.05) is 0 Å². The second kappa shape index (κ2) is 4.94. The number of alkyl halides is 2. The van der Waals surface area contributed by atoms with Crippen molar-refractivity contribution in [1.82, 2.24) is 0 Å². The molecule has 0 aliphatic carbocycles. The highest BCUT2D eigenvalue weighted by Crippen LogP contribution is 2.34. The number of benzene rings is 1. The van der Waals surface area contributed by atoms with Crippen LogP contribution in [-0.4, -0.2) is 15.0 Å². The van der Waals surface area contributed by atoms with Crippen LogP contribution in [0.3, 0.4) is 0 Å². The minimum absolute atomic E-state index is 0.359. The van der Waals surface area contributed by atoms with Gasteiger partial charge in [0.2, 0.25) is 10.0 Å². The van der Waals surface area contributed by atoms with Crippen LogP contribution >= 0.6 is 31.9 Å². The fourth-order valence-electron chi connectivity index (χ4n) is 0.921. The molecule has 0 aliphatic rings. The van der Waals surface area contributed by atoms with Crippen LogP contribution in [0.5, 0.6) is 5.75 Å². The van der Waals surface area contributed by atoms with E-state index in [1.54, 1.807) is 0 Å². The largest absolute Gasteiger partial charge is 0.433 e. The summed E-state index contributed by atoms with van der Waals surface area (Å²) in [6, 6.07) is 2.17. The lowest BCUT2D eigenvalue weighted by molar-refractivity contribution is -0.0517. The molecule has 0 spiro atoms. The van der Waals surface area contributed by atoms with Crippen molar-refractivity contribution < 1.29 is 21.9 Å². The summed E-state index contributed by atoms with van der Waals surface area (Å²) in [4.78, 5) is -0.511. The zero-order valence-corrected chi connectivity index (χ0v) is 11.4. The molecule has 0 amide bonds. The number of rotatable bonds is 3. The molecule has 0 fully saturated rings. The van der Waals surface area contributed by atoms with E-state index in [4.69, 9.17) is 5.14 Å². The fourth-order valence-corrected chi connectivity index (χ4v) is 2.41. The maximum absolute atomic E-state index is 12.0. The van der Waals surface area contributed by atoms with Gasteiger partial charge in [0.1, 0.15) is 10.6 Å². The Hall–Kier alpha value is -0.250. The van der Waals surface area contributed by atoms with E-state index in [1.807, 2.05) is 0 Å². The van der Waals surface area contributed by atoms with Crippen LogP contribution in [0, 0.1) is 0 Å². The van der Waals surface area contributed by atoms with Crippen molar-refractivity contribution in [2.24, 2.45) is 5.14 Å². The first-order chi connectivity index (χ1) is 7.21. The molecule has 4 nitrogen and oxygen atoms in total. The molecule has 9 heteroatoms. The van der Waals surface area contributed by atoms with Gasteiger partial charge in [-0.05, 0) is 44.0 Å². The van der Waals surface area contributed by atoms with Crippen LogP contribution in [-0.2, 0) is 10.0 Å². The molecule has 0 unspecified atom stereocenters. The van der Waals surface area contributed by atoms with Gasteiger partial charge in [-0.1, -0.05) is 0 Å². The third-order valence-electron chi connectivity index (χ3n) is 1.51. The Morgan fingerprint density at radius 3 is 2.19 bits per heavy atom. The van der Waals surface area contributed by atoms with Gasteiger partial charge in [-0.15, -0.1) is 0 Å². The van der Waals surface area contributed by atoms with Gasteiger partial charge >= 0.3 is 6.61 Å². The summed E-state index contributed by atoms with van der Waals surface area (Å²) in [5.41, 5.74) is 0. The van der Waals surface area contributed by atoms with Gasteiger partial charge < -0.3 is 4.74 Å². The maximum Gasteiger partial charge on any atom is 0.387 e. The summed E-state index contributed by atoms with van der Waals surface area (Å²) in [5, 5.41) is 4.86. The van der Waals surface area contributed by atoms with E-state index in [0.29, 0.717) is 8.95 Å². The van der Waals surface area contributed by atoms with E-state index >= 15 is 0 Å². The van der Waals surface area contributed by atoms with E-state index in [9.17, 15) is 17.2 Å². The van der Waals surface area contributed by atoms with Gasteiger partial charge in [0.15, 0.2) is 0 Å². The number of nitrogens with two attached hydrogens (primary N) is 1. The van der Waals surface area contributed by atoms with Crippen LogP contribution in [0.2, 0.25) is 0 Å². The second-order valence-electron chi connectivity index (χ2n) is 2.64. The molecule has 1 aromatic carbocycles. The Labute approximate surface area is 107 Å². The predicted molar refractivity (Wildman–Crippen MR) is 59.8 cm³/mol. The molecule has 0 saturated carbocycles. The molecule has 16 heavy (non-hydrogen) atoms. The van der Waals surface area contributed by atoms with Crippen molar-refractivity contribution >= 4 is 41.9 Å². The topological polar surface area (TPSA) is 69.4 Å². The Morgan fingerprint density at radius 1 is 1.25 bits per heavy atom. The number of hydrogen-bond donors (Lipinski definition) is 1. The number of primary sulfonamides is 1. The van der Waals surface area contributed by atoms with Crippen LogP contribution in [0.1, 0.15) is 0 Å². The molecule has 0 heterocycles. The van der Waals surface area contributed by atoms with Crippen molar-refractivity contribution in [1.29, 1.82) is 0 Å². The van der Waals surface area contributed by atoms with Crippen molar-refractivity contribution in [3.8, 4) is 5.75 Å². The molecule has 0 saturated heterocycles. The number of sulfonamides is 1. The minimum Gasteiger partial charge on any atom is -0.433 e. The highest BCUT2D eigenvalue weighted by Gasteiger charge is 2.20. The smallest absolute Gasteiger partial charge is 0.387 e. The average Bonchev–Trinajstić information content (AvgIpc) is 2.08. The number of hydrogen-bond acceptors (Lipinski definition) is 3. The quantitative estimate of drug-likeness (QED) is 0.875. The monoisotopic (exact) mass is 379 g/mol. The molecule has 0 aliphatic heterocycles. The lowest BCUT2D eigenvalue weighted by Gasteiger charge is -2.10. The Kier molecular flexibility index (Phi) is 4.27. The van der Waals surface area contributed by atoms with E-state index in [-0.39, 0.29) is 0 Å². The highest BCUT2D eigenvalue weighted by molar-refractivity contribution is 9.13. The Balaban J connectivity index is 3.40. The first kappa shape index (κ1) is 13.8. The molecule has 0 bridgehead atoms. The average molecular weight is 381 g/mol. The predicted octanol–water partition coefficient (Wildman–Crippen LogP) is 2.46. The molecule has 90 valence electrons. The molecule has 0 aromatic heterocycles. The van der Waals surface area contributed by atoms with Crippen LogP contribution in [0.25, 0.3) is 0 Å². The summed E-state index contributed by atoms with van der Waals surface area (Å²) in [7, 11) is -4.13. The minimum atomic E-state index is -4.13. The summed E-state index contributed by atoms with van der Waals surface area (Å²) >= 11 is 6.06. The van der Waals surface area contributed by atoms with Gasteiger partial charge in [0, 0.05) is 8.95 Å². The molecule has 1 aromatic rings. The fraction of sp³-hybridized carbons (Fsp3) is 0.143. The number of ether oxygens (including phenoxy) is 1. The van der Waals surface area contributed by atoms with Gasteiger partial charge in [0.05, 0.1) is 0 Å². The first-order valence-electron chi connectivity index (χ1n) is 3.68. The van der Waals surface area contributed by atoms with Crippen molar-refractivity contribution in [3.63, 3.8) is 0 Å². The molecule has 1 rings (SSSR count). The van der Waals surface area contributed by atoms with Gasteiger partial charge in [-0.3, -0.25) is 0 Å². The normalized spacial score (nSPS) is 11.9. The summed E-state index contributed by atoms with van der Waals surface area (Å²) < 4.78 is 51.1. The zero-order chi connectivity index (χ0) is 12.5. The molecular weight excluding hydrogens is 376 g/mol. The van der Waals surface area contributed by atoms with Crippen LogP contribution in [0.4, 0.5) is 8.78 Å². The standard InChI is InChI=1S/C7H5Br2F2NO3S/c8-3-1-5(15-7(10)11)6(2-4(3)9)16(12,13)14/h1-2,7H,(H2,12,13,14). The number of halogens is 4. The Morgan fingerprint density at radius 2 is 1.75 bits per heavy atom. The molecule has 0 atom stereocenters. The van der Waals surface area contributed by atoms with Crippen LogP contribution in [0.15, 0.2) is 26.0 Å². The third-order valence-corrected chi connectivity index (χ3v) is 4.29. The van der Waals surface area contributed by atoms with E-state index in [2.05, 4.69) is 36.6 Å². The molecule has 0 radical (unpaired) electrons. The second-order valence-corrected chi connectivity index (χ2v) is 5.88. The lowest BCUT2D eigenvalue weighted by atomic mass is 10.3. The summed E-state index contributed by atoms with van der Waals surface area (Å²) in [6.07, 6.45) is 0. The first-order valence-corrected chi connectivity index (χ1v) is 6.81. The Bertz CT molecular complexity index is 507. The van der Waals surface area contributed by atoms with Crippen molar-refractivity contribution in [3.05, 3.63) is 21.1 Å². The SMILES string of the molecule is NS(=O)(=O)c1cc(Br)c(Br)cc1OC(F)F. The van der Waals surface area contributed by atoms with Gasteiger partial charge in [0.25, 0.3) is 0 Å². The summed E-state index contributed by atoms with van der Waals surface area (Å²) in [5.74, 6) is -0.507. The summed E-state index contributed by atoms with van der Waals surface area (Å²) in [6.45, 7) is -3.13. The van der Waals surface area contributed by atoms with E-state index in [1.165, 1.54) is 0 Å². The van der Waals surface area contributed by atoms with Gasteiger partial charge in [-0.2, -0.15) is 8.78 Å².